The van der Waals surface area contributed by atoms with Crippen LogP contribution in [-0.2, 0) is 5.75 Å². The monoisotopic (exact) mass is 268 g/mol. The van der Waals surface area contributed by atoms with Gasteiger partial charge in [0.25, 0.3) is 0 Å². The van der Waals surface area contributed by atoms with E-state index in [4.69, 9.17) is 17.3 Å². The minimum absolute atomic E-state index is 0.170. The van der Waals surface area contributed by atoms with E-state index >= 15 is 0 Å². The summed E-state index contributed by atoms with van der Waals surface area (Å²) in [5.41, 5.74) is 6.45. The molecule has 2 aromatic rings. The number of nitrogen functional groups attached to an aromatic ring is 1. The van der Waals surface area contributed by atoms with Crippen LogP contribution in [0.4, 0.5) is 10.1 Å². The second-order valence-corrected chi connectivity index (χ2v) is 4.89. The molecule has 0 aliphatic rings. The minimum atomic E-state index is -0.382. The number of rotatable bonds is 3. The summed E-state index contributed by atoms with van der Waals surface area (Å²) in [4.78, 5) is 4.15. The number of anilines is 1. The van der Waals surface area contributed by atoms with E-state index in [2.05, 4.69) is 4.98 Å². The van der Waals surface area contributed by atoms with Crippen LogP contribution in [0.15, 0.2) is 41.6 Å². The SMILES string of the molecule is Nc1ccc(CSc2ccc(Cl)cn2)cc1F. The highest BCUT2D eigenvalue weighted by Gasteiger charge is 2.02. The van der Waals surface area contributed by atoms with Gasteiger partial charge in [-0.3, -0.25) is 0 Å². The first-order valence-corrected chi connectivity index (χ1v) is 6.30. The highest BCUT2D eigenvalue weighted by molar-refractivity contribution is 7.98. The van der Waals surface area contributed by atoms with Gasteiger partial charge in [0, 0.05) is 11.9 Å². The van der Waals surface area contributed by atoms with Gasteiger partial charge in [-0.15, -0.1) is 11.8 Å². The smallest absolute Gasteiger partial charge is 0.146 e. The lowest BCUT2D eigenvalue weighted by Gasteiger charge is -2.03. The lowest BCUT2D eigenvalue weighted by molar-refractivity contribution is 0.631. The van der Waals surface area contributed by atoms with Gasteiger partial charge in [0.1, 0.15) is 5.82 Å². The third-order valence-electron chi connectivity index (χ3n) is 2.15. The number of nitrogens with two attached hydrogens (primary N) is 1. The van der Waals surface area contributed by atoms with Crippen LogP contribution in [0.2, 0.25) is 5.02 Å². The van der Waals surface area contributed by atoms with E-state index in [0.29, 0.717) is 10.8 Å². The minimum Gasteiger partial charge on any atom is -0.396 e. The molecular weight excluding hydrogens is 259 g/mol. The van der Waals surface area contributed by atoms with E-state index in [9.17, 15) is 4.39 Å². The predicted octanol–water partition coefficient (Wildman–Crippen LogP) is 3.75. The van der Waals surface area contributed by atoms with Gasteiger partial charge in [0.05, 0.1) is 15.7 Å². The number of thioether (sulfide) groups is 1. The quantitative estimate of drug-likeness (QED) is 0.681. The Morgan fingerprint density at radius 3 is 2.76 bits per heavy atom. The van der Waals surface area contributed by atoms with E-state index in [-0.39, 0.29) is 11.5 Å². The van der Waals surface area contributed by atoms with Gasteiger partial charge < -0.3 is 5.73 Å². The Labute approximate surface area is 108 Å². The molecule has 5 heteroatoms. The number of halogens is 2. The van der Waals surface area contributed by atoms with Crippen LogP contribution in [0.3, 0.4) is 0 Å². The molecule has 0 saturated carbocycles. The summed E-state index contributed by atoms with van der Waals surface area (Å²) in [5.74, 6) is 0.262. The molecule has 0 spiro atoms. The summed E-state index contributed by atoms with van der Waals surface area (Å²) < 4.78 is 13.2. The Balaban J connectivity index is 2.02. The van der Waals surface area contributed by atoms with Crippen LogP contribution in [0, 0.1) is 5.82 Å². The van der Waals surface area contributed by atoms with Crippen LogP contribution in [0.1, 0.15) is 5.56 Å². The van der Waals surface area contributed by atoms with Crippen molar-refractivity contribution in [3.63, 3.8) is 0 Å². The molecule has 0 aliphatic heterocycles. The predicted molar refractivity (Wildman–Crippen MR) is 69.6 cm³/mol. The van der Waals surface area contributed by atoms with Crippen molar-refractivity contribution in [1.29, 1.82) is 0 Å². The first-order valence-electron chi connectivity index (χ1n) is 4.93. The maximum absolute atomic E-state index is 13.2. The number of hydrogen-bond donors (Lipinski definition) is 1. The Kier molecular flexibility index (Phi) is 3.86. The van der Waals surface area contributed by atoms with Crippen molar-refractivity contribution >= 4 is 29.1 Å². The van der Waals surface area contributed by atoms with Crippen LogP contribution in [0.5, 0.6) is 0 Å². The summed E-state index contributed by atoms with van der Waals surface area (Å²) in [7, 11) is 0. The summed E-state index contributed by atoms with van der Waals surface area (Å²) >= 11 is 7.25. The van der Waals surface area contributed by atoms with E-state index in [1.807, 2.05) is 6.07 Å². The molecule has 1 heterocycles. The summed E-state index contributed by atoms with van der Waals surface area (Å²) in [5, 5.41) is 1.46. The first kappa shape index (κ1) is 12.2. The lowest BCUT2D eigenvalue weighted by Crippen LogP contribution is -1.92. The van der Waals surface area contributed by atoms with Crippen LogP contribution < -0.4 is 5.73 Å². The normalized spacial score (nSPS) is 10.5. The fraction of sp³-hybridized carbons (Fsp3) is 0.0833. The molecular formula is C12H10ClFN2S. The molecule has 2 N–H and O–H groups in total. The van der Waals surface area contributed by atoms with E-state index in [1.54, 1.807) is 24.4 Å². The number of aromatic nitrogens is 1. The van der Waals surface area contributed by atoms with Gasteiger partial charge in [-0.2, -0.15) is 0 Å². The van der Waals surface area contributed by atoms with Crippen molar-refractivity contribution in [3.8, 4) is 0 Å². The summed E-state index contributed by atoms with van der Waals surface area (Å²) in [6.07, 6.45) is 1.59. The number of benzene rings is 1. The molecule has 0 bridgehead atoms. The topological polar surface area (TPSA) is 38.9 Å². The Morgan fingerprint density at radius 2 is 2.12 bits per heavy atom. The molecule has 0 radical (unpaired) electrons. The molecule has 0 amide bonds. The van der Waals surface area contributed by atoms with Crippen molar-refractivity contribution in [2.24, 2.45) is 0 Å². The molecule has 17 heavy (non-hydrogen) atoms. The van der Waals surface area contributed by atoms with Gasteiger partial charge in [-0.05, 0) is 29.8 Å². The number of pyridine rings is 1. The van der Waals surface area contributed by atoms with E-state index in [1.165, 1.54) is 17.8 Å². The van der Waals surface area contributed by atoms with Crippen LogP contribution >= 0.6 is 23.4 Å². The second-order valence-electron chi connectivity index (χ2n) is 3.46. The van der Waals surface area contributed by atoms with Gasteiger partial charge in [-0.1, -0.05) is 17.7 Å². The van der Waals surface area contributed by atoms with Crippen molar-refractivity contribution in [3.05, 3.63) is 52.9 Å². The highest BCUT2D eigenvalue weighted by Crippen LogP contribution is 2.23. The maximum atomic E-state index is 13.2. The summed E-state index contributed by atoms with van der Waals surface area (Å²) in [6, 6.07) is 8.43. The lowest BCUT2D eigenvalue weighted by atomic mass is 10.2. The molecule has 0 atom stereocenters. The Hall–Kier alpha value is -1.26. The average Bonchev–Trinajstić information content (AvgIpc) is 2.33. The second kappa shape index (κ2) is 5.38. The zero-order chi connectivity index (χ0) is 12.3. The average molecular weight is 269 g/mol. The third kappa shape index (κ3) is 3.35. The first-order chi connectivity index (χ1) is 8.15. The largest absolute Gasteiger partial charge is 0.396 e. The van der Waals surface area contributed by atoms with Crippen LogP contribution in [-0.4, -0.2) is 4.98 Å². The molecule has 88 valence electrons. The van der Waals surface area contributed by atoms with Gasteiger partial charge in [0.15, 0.2) is 0 Å². The fourth-order valence-corrected chi connectivity index (χ4v) is 2.16. The molecule has 2 nitrogen and oxygen atoms in total. The molecule has 1 aromatic carbocycles. The van der Waals surface area contributed by atoms with Crippen molar-refractivity contribution in [2.45, 2.75) is 10.8 Å². The molecule has 0 saturated heterocycles. The maximum Gasteiger partial charge on any atom is 0.146 e. The summed E-state index contributed by atoms with van der Waals surface area (Å²) in [6.45, 7) is 0. The third-order valence-corrected chi connectivity index (χ3v) is 3.39. The standard InChI is InChI=1S/C12H10ClFN2S/c13-9-2-4-12(16-6-9)17-7-8-1-3-11(15)10(14)5-8/h1-6H,7,15H2. The molecule has 0 unspecified atom stereocenters. The molecule has 2 rings (SSSR count). The zero-order valence-electron chi connectivity index (χ0n) is 8.86. The van der Waals surface area contributed by atoms with E-state index < -0.39 is 0 Å². The van der Waals surface area contributed by atoms with Gasteiger partial charge in [-0.25, -0.2) is 9.37 Å². The van der Waals surface area contributed by atoms with Gasteiger partial charge in [0.2, 0.25) is 0 Å². The van der Waals surface area contributed by atoms with Crippen molar-refractivity contribution in [1.82, 2.24) is 4.98 Å². The molecule has 0 aliphatic carbocycles. The van der Waals surface area contributed by atoms with E-state index in [0.717, 1.165) is 10.6 Å². The highest BCUT2D eigenvalue weighted by atomic mass is 35.5. The van der Waals surface area contributed by atoms with Crippen molar-refractivity contribution in [2.75, 3.05) is 5.73 Å². The van der Waals surface area contributed by atoms with Crippen molar-refractivity contribution < 1.29 is 4.39 Å². The molecule has 1 aromatic heterocycles. The zero-order valence-corrected chi connectivity index (χ0v) is 10.4. The number of hydrogen-bond acceptors (Lipinski definition) is 3. The fourth-order valence-electron chi connectivity index (χ4n) is 1.27. The molecule has 0 fully saturated rings. The Morgan fingerprint density at radius 1 is 1.29 bits per heavy atom. The number of nitrogens with zero attached hydrogens (tertiary/aromatic N) is 1. The van der Waals surface area contributed by atoms with Gasteiger partial charge >= 0.3 is 0 Å². The van der Waals surface area contributed by atoms with Crippen LogP contribution in [0.25, 0.3) is 0 Å². The Bertz CT molecular complexity index is 516.